The quantitative estimate of drug-likeness (QED) is 0.731. The first kappa shape index (κ1) is 19.2. The molecule has 8 nitrogen and oxygen atoms in total. The molecule has 0 amide bonds. The number of aliphatic imine (C=N–C) groups is 1. The maximum atomic E-state index is 4.92. The van der Waals surface area contributed by atoms with Crippen LogP contribution in [0.3, 0.4) is 0 Å². The largest absolute Gasteiger partial charge is 0.352 e. The van der Waals surface area contributed by atoms with Gasteiger partial charge in [0.15, 0.2) is 0 Å². The van der Waals surface area contributed by atoms with E-state index in [9.17, 15) is 0 Å². The predicted octanol–water partition coefficient (Wildman–Crippen LogP) is 1.76. The summed E-state index contributed by atoms with van der Waals surface area (Å²) in [5.41, 5.74) is 1.81. The van der Waals surface area contributed by atoms with Gasteiger partial charge in [0.1, 0.15) is 17.3 Å². The molecule has 1 fully saturated rings. The van der Waals surface area contributed by atoms with E-state index < -0.39 is 5.66 Å². The Kier molecular flexibility index (Phi) is 5.35. The number of likely N-dealkylation sites (N-methyl/N-ethyl adjacent to an activating group) is 1. The summed E-state index contributed by atoms with van der Waals surface area (Å²) in [6, 6.07) is 8.37. The molecule has 3 N–H and O–H groups in total. The van der Waals surface area contributed by atoms with Crippen molar-refractivity contribution in [2.75, 3.05) is 43.4 Å². The Morgan fingerprint density at radius 2 is 1.76 bits per heavy atom. The Morgan fingerprint density at radius 3 is 2.41 bits per heavy atom. The molecule has 1 unspecified atom stereocenters. The Bertz CT molecular complexity index is 885. The summed E-state index contributed by atoms with van der Waals surface area (Å²) < 4.78 is 0. The van der Waals surface area contributed by atoms with Crippen LogP contribution < -0.4 is 20.9 Å². The maximum Gasteiger partial charge on any atom is 0.201 e. The summed E-state index contributed by atoms with van der Waals surface area (Å²) in [6.45, 7) is 7.63. The van der Waals surface area contributed by atoms with E-state index in [1.807, 2.05) is 13.2 Å². The SMILES string of the molecule is CNC1(C)C=C(Nc2ccc(C)cc2)NC(N2CCN(c3cnccn3)CC2)=N1. The minimum atomic E-state index is -0.477. The van der Waals surface area contributed by atoms with E-state index in [2.05, 4.69) is 79.9 Å². The molecule has 29 heavy (non-hydrogen) atoms. The highest BCUT2D eigenvalue weighted by Gasteiger charge is 2.29. The number of hydrogen-bond acceptors (Lipinski definition) is 8. The Balaban J connectivity index is 1.45. The van der Waals surface area contributed by atoms with E-state index in [1.165, 1.54) is 5.56 Å². The molecule has 2 aliphatic rings. The molecule has 0 aliphatic carbocycles. The van der Waals surface area contributed by atoms with Gasteiger partial charge in [-0.25, -0.2) is 9.98 Å². The third kappa shape index (κ3) is 4.48. The molecule has 2 aliphatic heterocycles. The average Bonchev–Trinajstić information content (AvgIpc) is 2.76. The average molecular weight is 393 g/mol. The molecule has 1 saturated heterocycles. The van der Waals surface area contributed by atoms with E-state index in [4.69, 9.17) is 4.99 Å². The van der Waals surface area contributed by atoms with Crippen LogP contribution in [0.25, 0.3) is 0 Å². The molecular formula is C21H28N8. The predicted molar refractivity (Wildman–Crippen MR) is 117 cm³/mol. The van der Waals surface area contributed by atoms with Gasteiger partial charge < -0.3 is 20.4 Å². The third-order valence-corrected chi connectivity index (χ3v) is 5.30. The zero-order valence-corrected chi connectivity index (χ0v) is 17.2. The van der Waals surface area contributed by atoms with Gasteiger partial charge in [-0.3, -0.25) is 10.3 Å². The third-order valence-electron chi connectivity index (χ3n) is 5.30. The van der Waals surface area contributed by atoms with Crippen LogP contribution in [0.4, 0.5) is 11.5 Å². The second kappa shape index (κ2) is 8.08. The Morgan fingerprint density at radius 1 is 1.03 bits per heavy atom. The van der Waals surface area contributed by atoms with Crippen molar-refractivity contribution in [3.63, 3.8) is 0 Å². The highest BCUT2D eigenvalue weighted by molar-refractivity contribution is 5.84. The summed E-state index contributed by atoms with van der Waals surface area (Å²) >= 11 is 0. The molecule has 0 spiro atoms. The number of anilines is 2. The molecule has 0 saturated carbocycles. The van der Waals surface area contributed by atoms with Crippen molar-refractivity contribution in [1.82, 2.24) is 25.5 Å². The number of nitrogens with zero attached hydrogens (tertiary/aromatic N) is 5. The lowest BCUT2D eigenvalue weighted by atomic mass is 10.1. The summed E-state index contributed by atoms with van der Waals surface area (Å²) in [5, 5.41) is 10.3. The zero-order valence-electron chi connectivity index (χ0n) is 17.2. The van der Waals surface area contributed by atoms with Crippen molar-refractivity contribution in [2.45, 2.75) is 19.5 Å². The number of hydrogen-bond donors (Lipinski definition) is 3. The number of aromatic nitrogens is 2. The number of aryl methyl sites for hydroxylation is 1. The van der Waals surface area contributed by atoms with E-state index in [-0.39, 0.29) is 0 Å². The lowest BCUT2D eigenvalue weighted by Crippen LogP contribution is -2.56. The number of rotatable bonds is 4. The highest BCUT2D eigenvalue weighted by atomic mass is 15.4. The molecule has 1 aromatic heterocycles. The first-order valence-electron chi connectivity index (χ1n) is 9.93. The van der Waals surface area contributed by atoms with Crippen LogP contribution in [-0.4, -0.2) is 59.7 Å². The standard InChI is InChI=1S/C21H28N8/c1-16-4-6-17(7-5-16)25-18-14-21(2,22-3)27-20(26-18)29-12-10-28(11-13-29)19-15-23-8-9-24-19/h4-9,14-15,22,25H,10-13H2,1-3H3,(H,26,27). The molecule has 152 valence electrons. The van der Waals surface area contributed by atoms with E-state index in [0.29, 0.717) is 0 Å². The molecule has 0 radical (unpaired) electrons. The molecular weight excluding hydrogens is 364 g/mol. The first-order chi connectivity index (χ1) is 14.0. The van der Waals surface area contributed by atoms with Gasteiger partial charge in [0.2, 0.25) is 5.96 Å². The highest BCUT2D eigenvalue weighted by Crippen LogP contribution is 2.20. The van der Waals surface area contributed by atoms with Crippen LogP contribution in [0.5, 0.6) is 0 Å². The van der Waals surface area contributed by atoms with Crippen molar-refractivity contribution in [1.29, 1.82) is 0 Å². The molecule has 1 aromatic carbocycles. The summed E-state index contributed by atoms with van der Waals surface area (Å²) in [5.74, 6) is 2.72. The fourth-order valence-electron chi connectivity index (χ4n) is 3.46. The maximum absolute atomic E-state index is 4.92. The van der Waals surface area contributed by atoms with E-state index >= 15 is 0 Å². The second-order valence-electron chi connectivity index (χ2n) is 7.54. The number of piperazine rings is 1. The summed E-state index contributed by atoms with van der Waals surface area (Å²) in [4.78, 5) is 18.0. The fourth-order valence-corrected chi connectivity index (χ4v) is 3.46. The van der Waals surface area contributed by atoms with Gasteiger partial charge in [-0.2, -0.15) is 0 Å². The molecule has 0 bridgehead atoms. The van der Waals surface area contributed by atoms with Crippen LogP contribution in [0.2, 0.25) is 0 Å². The van der Waals surface area contributed by atoms with Crippen LogP contribution in [-0.2, 0) is 0 Å². The van der Waals surface area contributed by atoms with Crippen molar-refractivity contribution < 1.29 is 0 Å². The number of guanidine groups is 1. The normalized spacial score (nSPS) is 21.9. The first-order valence-corrected chi connectivity index (χ1v) is 9.93. The number of nitrogens with one attached hydrogen (secondary N) is 3. The lowest BCUT2D eigenvalue weighted by molar-refractivity contribution is 0.361. The second-order valence-corrected chi connectivity index (χ2v) is 7.54. The van der Waals surface area contributed by atoms with Crippen LogP contribution >= 0.6 is 0 Å². The zero-order chi connectivity index (χ0) is 20.3. The van der Waals surface area contributed by atoms with Gasteiger partial charge in [0.25, 0.3) is 0 Å². The van der Waals surface area contributed by atoms with Gasteiger partial charge in [-0.1, -0.05) is 17.7 Å². The van der Waals surface area contributed by atoms with Gasteiger partial charge in [0, 0.05) is 44.3 Å². The fraction of sp³-hybridized carbons (Fsp3) is 0.381. The number of benzene rings is 1. The monoisotopic (exact) mass is 392 g/mol. The van der Waals surface area contributed by atoms with E-state index in [1.54, 1.807) is 12.4 Å². The molecule has 4 rings (SSSR count). The van der Waals surface area contributed by atoms with Crippen molar-refractivity contribution in [3.05, 3.63) is 60.3 Å². The van der Waals surface area contributed by atoms with Gasteiger partial charge in [0.05, 0.1) is 6.20 Å². The minimum Gasteiger partial charge on any atom is -0.352 e. The van der Waals surface area contributed by atoms with Crippen LogP contribution in [0.1, 0.15) is 12.5 Å². The molecule has 3 heterocycles. The van der Waals surface area contributed by atoms with Crippen molar-refractivity contribution >= 4 is 17.5 Å². The smallest absolute Gasteiger partial charge is 0.201 e. The Labute approximate surface area is 171 Å². The van der Waals surface area contributed by atoms with E-state index in [0.717, 1.165) is 49.5 Å². The summed E-state index contributed by atoms with van der Waals surface area (Å²) in [6.07, 6.45) is 7.33. The molecule has 8 heteroatoms. The van der Waals surface area contributed by atoms with Crippen molar-refractivity contribution in [3.8, 4) is 0 Å². The Hall–Kier alpha value is -3.13. The van der Waals surface area contributed by atoms with Crippen molar-refractivity contribution in [2.24, 2.45) is 4.99 Å². The van der Waals surface area contributed by atoms with Crippen LogP contribution in [0.15, 0.2) is 59.7 Å². The lowest BCUT2D eigenvalue weighted by Gasteiger charge is -2.40. The molecule has 1 atom stereocenters. The van der Waals surface area contributed by atoms with Gasteiger partial charge >= 0.3 is 0 Å². The minimum absolute atomic E-state index is 0.477. The van der Waals surface area contributed by atoms with Gasteiger partial charge in [-0.15, -0.1) is 0 Å². The summed E-state index contributed by atoms with van der Waals surface area (Å²) in [7, 11) is 1.93. The van der Waals surface area contributed by atoms with Gasteiger partial charge in [-0.05, 0) is 39.1 Å². The topological polar surface area (TPSA) is 80.7 Å². The molecule has 2 aromatic rings. The van der Waals surface area contributed by atoms with Crippen LogP contribution in [0, 0.1) is 6.92 Å².